The van der Waals surface area contributed by atoms with Crippen LogP contribution in [-0.2, 0) is 4.79 Å². The molecule has 0 fully saturated rings. The number of hydrogen-bond donors (Lipinski definition) is 0. The summed E-state index contributed by atoms with van der Waals surface area (Å²) in [5.74, 6) is -0.580. The van der Waals surface area contributed by atoms with Crippen LogP contribution in [0.25, 0.3) is 11.8 Å². The van der Waals surface area contributed by atoms with Crippen LogP contribution in [0.4, 0.5) is 4.39 Å². The highest BCUT2D eigenvalue weighted by Gasteiger charge is 2.15. The molecule has 1 heterocycles. The fourth-order valence-corrected chi connectivity index (χ4v) is 2.96. The van der Waals surface area contributed by atoms with Gasteiger partial charge in [0.15, 0.2) is 0 Å². The van der Waals surface area contributed by atoms with Crippen molar-refractivity contribution in [2.75, 3.05) is 7.05 Å². The van der Waals surface area contributed by atoms with E-state index >= 15 is 0 Å². The minimum atomic E-state index is -0.373. The average molecular weight is 429 g/mol. The second kappa shape index (κ2) is 8.26. The summed E-state index contributed by atoms with van der Waals surface area (Å²) in [5.41, 5.74) is 2.23. The lowest BCUT2D eigenvalue weighted by molar-refractivity contribution is -0.126. The Balaban J connectivity index is 1.70. The monoisotopic (exact) mass is 428 g/mol. The van der Waals surface area contributed by atoms with Crippen LogP contribution in [0.2, 0.25) is 0 Å². The second-order valence-corrected chi connectivity index (χ2v) is 6.97. The van der Waals surface area contributed by atoms with Crippen LogP contribution >= 0.6 is 15.9 Å². The second-order valence-electron chi connectivity index (χ2n) is 6.06. The Morgan fingerprint density at radius 3 is 2.67 bits per heavy atom. The Morgan fingerprint density at radius 1 is 1.26 bits per heavy atom. The summed E-state index contributed by atoms with van der Waals surface area (Å²) >= 11 is 3.30. The van der Waals surface area contributed by atoms with E-state index in [1.807, 2.05) is 31.2 Å². The van der Waals surface area contributed by atoms with E-state index in [0.29, 0.717) is 5.56 Å². The molecule has 1 aromatic heterocycles. The molecule has 0 saturated heterocycles. The van der Waals surface area contributed by atoms with Crippen LogP contribution in [-0.4, -0.2) is 32.6 Å². The Morgan fingerprint density at radius 2 is 2.00 bits per heavy atom. The zero-order valence-electron chi connectivity index (χ0n) is 14.9. The Hall–Kier alpha value is -2.80. The fraction of sp³-hybridized carbons (Fsp3) is 0.150. The predicted molar refractivity (Wildman–Crippen MR) is 106 cm³/mol. The van der Waals surface area contributed by atoms with Crippen LogP contribution in [0.15, 0.2) is 65.7 Å². The lowest BCUT2D eigenvalue weighted by Crippen LogP contribution is -2.28. The van der Waals surface area contributed by atoms with Gasteiger partial charge in [0.1, 0.15) is 18.5 Å². The summed E-state index contributed by atoms with van der Waals surface area (Å²) in [4.78, 5) is 18.0. The van der Waals surface area contributed by atoms with E-state index in [2.05, 4.69) is 26.0 Å². The van der Waals surface area contributed by atoms with Crippen molar-refractivity contribution >= 4 is 27.9 Å². The Labute approximate surface area is 165 Å². The fourth-order valence-electron chi connectivity index (χ4n) is 2.58. The highest BCUT2D eigenvalue weighted by Crippen LogP contribution is 2.21. The van der Waals surface area contributed by atoms with Gasteiger partial charge in [-0.3, -0.25) is 4.79 Å². The van der Waals surface area contributed by atoms with E-state index in [1.54, 1.807) is 35.1 Å². The van der Waals surface area contributed by atoms with Gasteiger partial charge in [-0.2, -0.15) is 5.10 Å². The summed E-state index contributed by atoms with van der Waals surface area (Å²) in [6.45, 7) is 1.94. The molecule has 5 nitrogen and oxygen atoms in total. The molecular weight excluding hydrogens is 411 g/mol. The first kappa shape index (κ1) is 19.0. The zero-order valence-corrected chi connectivity index (χ0v) is 16.5. The van der Waals surface area contributed by atoms with Gasteiger partial charge < -0.3 is 4.90 Å². The van der Waals surface area contributed by atoms with Gasteiger partial charge in [0, 0.05) is 23.2 Å². The molecule has 7 heteroatoms. The molecule has 0 bridgehead atoms. The average Bonchev–Trinajstić information content (AvgIpc) is 3.22. The van der Waals surface area contributed by atoms with Crippen molar-refractivity contribution in [2.45, 2.75) is 13.0 Å². The molecule has 1 atom stereocenters. The summed E-state index contributed by atoms with van der Waals surface area (Å²) in [5, 5.41) is 4.09. The van der Waals surface area contributed by atoms with Gasteiger partial charge in [-0.25, -0.2) is 14.1 Å². The predicted octanol–water partition coefficient (Wildman–Crippen LogP) is 4.40. The molecule has 1 unspecified atom stereocenters. The third kappa shape index (κ3) is 4.49. The molecule has 3 rings (SSSR count). The van der Waals surface area contributed by atoms with Crippen LogP contribution in [0.5, 0.6) is 0 Å². The molecule has 0 aliphatic carbocycles. The number of benzene rings is 2. The molecule has 0 saturated carbocycles. The van der Waals surface area contributed by atoms with Crippen LogP contribution < -0.4 is 0 Å². The van der Waals surface area contributed by atoms with Crippen molar-refractivity contribution in [1.29, 1.82) is 0 Å². The van der Waals surface area contributed by atoms with Crippen molar-refractivity contribution < 1.29 is 9.18 Å². The summed E-state index contributed by atoms with van der Waals surface area (Å²) in [7, 11) is 1.72. The van der Waals surface area contributed by atoms with Crippen molar-refractivity contribution in [3.05, 3.63) is 82.6 Å². The largest absolute Gasteiger partial charge is 0.335 e. The molecule has 138 valence electrons. The number of halogens is 2. The van der Waals surface area contributed by atoms with E-state index < -0.39 is 0 Å². The summed E-state index contributed by atoms with van der Waals surface area (Å²) < 4.78 is 16.2. The minimum Gasteiger partial charge on any atom is -0.335 e. The summed E-state index contributed by atoms with van der Waals surface area (Å²) in [6.07, 6.45) is 5.97. The van der Waals surface area contributed by atoms with Crippen LogP contribution in [0.1, 0.15) is 24.1 Å². The molecule has 27 heavy (non-hydrogen) atoms. The van der Waals surface area contributed by atoms with Gasteiger partial charge in [-0.15, -0.1) is 0 Å². The van der Waals surface area contributed by atoms with Crippen LogP contribution in [0.3, 0.4) is 0 Å². The van der Waals surface area contributed by atoms with E-state index in [1.165, 1.54) is 24.5 Å². The molecular formula is C20H18BrFN4O. The normalized spacial score (nSPS) is 12.3. The number of rotatable bonds is 5. The molecule has 1 amide bonds. The van der Waals surface area contributed by atoms with Gasteiger partial charge >= 0.3 is 0 Å². The number of carbonyl (C=O) groups is 1. The van der Waals surface area contributed by atoms with E-state index in [4.69, 9.17) is 0 Å². The maximum absolute atomic E-state index is 13.8. The highest BCUT2D eigenvalue weighted by molar-refractivity contribution is 9.10. The molecule has 0 aliphatic heterocycles. The first-order chi connectivity index (χ1) is 13.0. The van der Waals surface area contributed by atoms with Crippen molar-refractivity contribution in [1.82, 2.24) is 19.7 Å². The molecule has 2 aromatic carbocycles. The minimum absolute atomic E-state index is 0.140. The lowest BCUT2D eigenvalue weighted by atomic mass is 10.1. The third-order valence-corrected chi connectivity index (χ3v) is 4.84. The molecule has 0 spiro atoms. The number of amides is 1. The number of hydrogen-bond acceptors (Lipinski definition) is 3. The van der Waals surface area contributed by atoms with Gasteiger partial charge in [-0.1, -0.05) is 28.1 Å². The highest BCUT2D eigenvalue weighted by atomic mass is 79.9. The topological polar surface area (TPSA) is 51.0 Å². The smallest absolute Gasteiger partial charge is 0.246 e. The zero-order chi connectivity index (χ0) is 19.4. The summed E-state index contributed by atoms with van der Waals surface area (Å²) in [6, 6.07) is 12.2. The SMILES string of the molecule is CC(c1ccc(-n2cncn2)cc1)N(C)C(=O)/C=C/c1cc(Br)ccc1F. The number of likely N-dealkylation sites (N-methyl/N-ethyl adjacent to an activating group) is 1. The first-order valence-corrected chi connectivity index (χ1v) is 9.10. The number of aromatic nitrogens is 3. The van der Waals surface area contributed by atoms with E-state index in [9.17, 15) is 9.18 Å². The quantitative estimate of drug-likeness (QED) is 0.565. The first-order valence-electron chi connectivity index (χ1n) is 8.30. The Bertz CT molecular complexity index is 955. The van der Waals surface area contributed by atoms with Gasteiger partial charge in [0.2, 0.25) is 5.91 Å². The standard InChI is InChI=1S/C20H18BrFN4O/c1-14(15-3-7-18(8-4-15)26-13-23-12-24-26)25(2)20(27)10-5-16-11-17(21)6-9-19(16)22/h3-14H,1-2H3/b10-5+. The number of carbonyl (C=O) groups excluding carboxylic acids is 1. The molecule has 0 aliphatic rings. The van der Waals surface area contributed by atoms with Crippen LogP contribution in [0, 0.1) is 5.82 Å². The van der Waals surface area contributed by atoms with Gasteiger partial charge in [0.25, 0.3) is 0 Å². The Kier molecular flexibility index (Phi) is 5.81. The van der Waals surface area contributed by atoms with Crippen molar-refractivity contribution in [3.63, 3.8) is 0 Å². The maximum Gasteiger partial charge on any atom is 0.246 e. The molecule has 0 N–H and O–H groups in total. The van der Waals surface area contributed by atoms with Crippen molar-refractivity contribution in [2.24, 2.45) is 0 Å². The number of nitrogens with zero attached hydrogens (tertiary/aromatic N) is 4. The van der Waals surface area contributed by atoms with Gasteiger partial charge in [0.05, 0.1) is 11.7 Å². The molecule has 0 radical (unpaired) electrons. The maximum atomic E-state index is 13.8. The van der Waals surface area contributed by atoms with Crippen molar-refractivity contribution in [3.8, 4) is 5.69 Å². The van der Waals surface area contributed by atoms with E-state index in [0.717, 1.165) is 15.7 Å². The molecule has 3 aromatic rings. The lowest BCUT2D eigenvalue weighted by Gasteiger charge is -2.24. The van der Waals surface area contributed by atoms with Gasteiger partial charge in [-0.05, 0) is 48.9 Å². The van der Waals surface area contributed by atoms with E-state index in [-0.39, 0.29) is 17.8 Å². The third-order valence-electron chi connectivity index (χ3n) is 4.35.